The molecule has 0 bridgehead atoms. The van der Waals surface area contributed by atoms with Crippen molar-refractivity contribution in [2.75, 3.05) is 25.0 Å². The number of ketones is 1. The Bertz CT molecular complexity index is 1370. The average molecular weight is 449 g/mol. The lowest BCUT2D eigenvalue weighted by atomic mass is 10.0. The summed E-state index contributed by atoms with van der Waals surface area (Å²) in [5, 5.41) is 12.9. The van der Waals surface area contributed by atoms with E-state index < -0.39 is 15.8 Å². The van der Waals surface area contributed by atoms with Crippen molar-refractivity contribution in [3.8, 4) is 0 Å². The van der Waals surface area contributed by atoms with Gasteiger partial charge in [-0.2, -0.15) is 0 Å². The number of aliphatic hydroxyl groups excluding tert-OH is 1. The number of rotatable bonds is 2. The van der Waals surface area contributed by atoms with Gasteiger partial charge in [0.25, 0.3) is 10.0 Å². The summed E-state index contributed by atoms with van der Waals surface area (Å²) in [4.78, 5) is 15.5. The predicted octanol–water partition coefficient (Wildman–Crippen LogP) is 4.57. The molecule has 0 amide bonds. The molecule has 5 rings (SSSR count). The molecule has 0 spiro atoms. The highest BCUT2D eigenvalue weighted by Crippen LogP contribution is 2.37. The first-order valence-electron chi connectivity index (χ1n) is 10.7. The lowest BCUT2D eigenvalue weighted by Gasteiger charge is -2.32. The van der Waals surface area contributed by atoms with Gasteiger partial charge in [0.05, 0.1) is 0 Å². The van der Waals surface area contributed by atoms with E-state index in [9.17, 15) is 18.3 Å². The van der Waals surface area contributed by atoms with Gasteiger partial charge in [-0.15, -0.1) is 0 Å². The SMILES string of the molecule is CN1C(=C(O)c2ccc3ccccc3c2)C(=O)c2ccc(N3CCCCC3)cc2S1(=O)=O. The van der Waals surface area contributed by atoms with Crippen molar-refractivity contribution in [3.63, 3.8) is 0 Å². The highest BCUT2D eigenvalue weighted by molar-refractivity contribution is 7.89. The molecule has 0 unspecified atom stereocenters. The Labute approximate surface area is 187 Å². The van der Waals surface area contributed by atoms with Gasteiger partial charge in [0.15, 0.2) is 5.76 Å². The Morgan fingerprint density at radius 1 is 0.906 bits per heavy atom. The van der Waals surface area contributed by atoms with Gasteiger partial charge in [0.1, 0.15) is 10.6 Å². The van der Waals surface area contributed by atoms with Gasteiger partial charge in [0.2, 0.25) is 5.78 Å². The highest BCUT2D eigenvalue weighted by Gasteiger charge is 2.40. The summed E-state index contributed by atoms with van der Waals surface area (Å²) in [6.07, 6.45) is 3.30. The van der Waals surface area contributed by atoms with E-state index in [4.69, 9.17) is 0 Å². The van der Waals surface area contributed by atoms with Crippen LogP contribution in [0.25, 0.3) is 16.5 Å². The van der Waals surface area contributed by atoms with E-state index in [1.807, 2.05) is 30.3 Å². The molecule has 2 aliphatic rings. The number of aliphatic hydroxyl groups is 1. The van der Waals surface area contributed by atoms with Crippen molar-refractivity contribution in [3.05, 3.63) is 77.5 Å². The van der Waals surface area contributed by atoms with Crippen LogP contribution in [-0.2, 0) is 10.0 Å². The minimum atomic E-state index is -3.99. The Kier molecular flexibility index (Phi) is 4.93. The van der Waals surface area contributed by atoms with Crippen LogP contribution in [0.2, 0.25) is 0 Å². The number of likely N-dealkylation sites (N-methyl/N-ethyl adjacent to an activating group) is 1. The number of sulfonamides is 1. The maximum atomic E-state index is 13.4. The molecule has 0 atom stereocenters. The number of allylic oxidation sites excluding steroid dienone is 1. The van der Waals surface area contributed by atoms with Crippen LogP contribution in [0.3, 0.4) is 0 Å². The number of benzene rings is 3. The minimum absolute atomic E-state index is 0.0110. The molecule has 0 aromatic heterocycles. The lowest BCUT2D eigenvalue weighted by Crippen LogP contribution is -2.37. The Hall–Kier alpha value is -3.32. The molecular weight excluding hydrogens is 424 g/mol. The van der Waals surface area contributed by atoms with Crippen molar-refractivity contribution < 1.29 is 18.3 Å². The number of fused-ring (bicyclic) bond motifs is 2. The van der Waals surface area contributed by atoms with E-state index in [-0.39, 0.29) is 21.9 Å². The second kappa shape index (κ2) is 7.67. The molecule has 2 heterocycles. The first kappa shape index (κ1) is 20.6. The van der Waals surface area contributed by atoms with Crippen LogP contribution in [0, 0.1) is 0 Å². The van der Waals surface area contributed by atoms with Crippen molar-refractivity contribution in [1.82, 2.24) is 4.31 Å². The summed E-state index contributed by atoms with van der Waals surface area (Å²) in [5.74, 6) is -0.856. The zero-order chi connectivity index (χ0) is 22.5. The second-order valence-electron chi connectivity index (χ2n) is 8.29. The van der Waals surface area contributed by atoms with Gasteiger partial charge in [0, 0.05) is 37.0 Å². The molecule has 0 aliphatic carbocycles. The van der Waals surface area contributed by atoms with Gasteiger partial charge in [-0.25, -0.2) is 8.42 Å². The number of anilines is 1. The van der Waals surface area contributed by atoms with Crippen LogP contribution in [-0.4, -0.2) is 43.7 Å². The third kappa shape index (κ3) is 3.24. The monoisotopic (exact) mass is 448 g/mol. The number of carbonyl (C=O) groups excluding carboxylic acids is 1. The largest absolute Gasteiger partial charge is 0.505 e. The Morgan fingerprint density at radius 2 is 1.62 bits per heavy atom. The van der Waals surface area contributed by atoms with Crippen molar-refractivity contribution in [2.45, 2.75) is 24.2 Å². The molecule has 0 radical (unpaired) electrons. The molecular formula is C25H24N2O4S. The number of nitrogens with zero attached hydrogens (tertiary/aromatic N) is 2. The first-order chi connectivity index (χ1) is 15.4. The molecule has 164 valence electrons. The first-order valence-corrected chi connectivity index (χ1v) is 12.2. The molecule has 7 heteroatoms. The number of hydrogen-bond donors (Lipinski definition) is 1. The van der Waals surface area contributed by atoms with E-state index in [1.54, 1.807) is 30.3 Å². The summed E-state index contributed by atoms with van der Waals surface area (Å²) in [6, 6.07) is 17.9. The summed E-state index contributed by atoms with van der Waals surface area (Å²) < 4.78 is 27.6. The summed E-state index contributed by atoms with van der Waals surface area (Å²) in [7, 11) is -2.68. The fraction of sp³-hybridized carbons (Fsp3) is 0.240. The number of piperidine rings is 1. The predicted molar refractivity (Wildman–Crippen MR) is 125 cm³/mol. The van der Waals surface area contributed by atoms with Crippen LogP contribution in [0.4, 0.5) is 5.69 Å². The number of Topliss-reactive ketones (excluding diaryl/α,β-unsaturated/α-hetero) is 1. The fourth-order valence-electron chi connectivity index (χ4n) is 4.53. The quantitative estimate of drug-likeness (QED) is 0.459. The topological polar surface area (TPSA) is 77.9 Å². The smallest absolute Gasteiger partial charge is 0.265 e. The molecule has 6 nitrogen and oxygen atoms in total. The molecule has 1 N–H and O–H groups in total. The average Bonchev–Trinajstić information content (AvgIpc) is 2.83. The second-order valence-corrected chi connectivity index (χ2v) is 10.2. The van der Waals surface area contributed by atoms with E-state index in [0.29, 0.717) is 5.56 Å². The van der Waals surface area contributed by atoms with Crippen LogP contribution < -0.4 is 4.90 Å². The van der Waals surface area contributed by atoms with Gasteiger partial charge in [-0.05, 0) is 54.3 Å². The maximum absolute atomic E-state index is 13.4. The van der Waals surface area contributed by atoms with E-state index in [0.717, 1.165) is 46.7 Å². The molecule has 1 fully saturated rings. The Balaban J connectivity index is 1.62. The molecule has 0 saturated carbocycles. The highest BCUT2D eigenvalue weighted by atomic mass is 32.2. The van der Waals surface area contributed by atoms with Crippen LogP contribution in [0.5, 0.6) is 0 Å². The third-order valence-electron chi connectivity index (χ3n) is 6.35. The third-order valence-corrected chi connectivity index (χ3v) is 8.14. The molecule has 3 aromatic rings. The van der Waals surface area contributed by atoms with Crippen molar-refractivity contribution in [1.29, 1.82) is 0 Å². The lowest BCUT2D eigenvalue weighted by molar-refractivity contribution is 0.100. The van der Waals surface area contributed by atoms with Gasteiger partial charge in [-0.1, -0.05) is 36.4 Å². The van der Waals surface area contributed by atoms with Crippen LogP contribution in [0.15, 0.2) is 71.3 Å². The normalized spacial score (nSPS) is 19.7. The van der Waals surface area contributed by atoms with E-state index >= 15 is 0 Å². The van der Waals surface area contributed by atoms with Gasteiger partial charge < -0.3 is 10.0 Å². The minimum Gasteiger partial charge on any atom is -0.505 e. The van der Waals surface area contributed by atoms with Crippen LogP contribution in [0.1, 0.15) is 35.2 Å². The van der Waals surface area contributed by atoms with Crippen molar-refractivity contribution in [2.24, 2.45) is 0 Å². The van der Waals surface area contributed by atoms with Crippen LogP contribution >= 0.6 is 0 Å². The fourth-order valence-corrected chi connectivity index (χ4v) is 5.94. The van der Waals surface area contributed by atoms with Gasteiger partial charge >= 0.3 is 0 Å². The van der Waals surface area contributed by atoms with E-state index in [2.05, 4.69) is 4.90 Å². The van der Waals surface area contributed by atoms with Crippen molar-refractivity contribution >= 4 is 38.0 Å². The summed E-state index contributed by atoms with van der Waals surface area (Å²) >= 11 is 0. The zero-order valence-corrected chi connectivity index (χ0v) is 18.6. The molecule has 3 aromatic carbocycles. The summed E-state index contributed by atoms with van der Waals surface area (Å²) in [5.41, 5.74) is 1.05. The number of hydrogen-bond acceptors (Lipinski definition) is 5. The standard InChI is InChI=1S/C25H24N2O4S/c1-26-23(24(28)19-10-9-17-7-3-4-8-18(17)15-19)25(29)21-12-11-20(16-22(21)32(26,30)31)27-13-5-2-6-14-27/h3-4,7-12,15-16,28H,2,5-6,13-14H2,1H3. The molecule has 2 aliphatic heterocycles. The maximum Gasteiger partial charge on any atom is 0.265 e. The zero-order valence-electron chi connectivity index (χ0n) is 17.8. The Morgan fingerprint density at radius 3 is 2.38 bits per heavy atom. The summed E-state index contributed by atoms with van der Waals surface area (Å²) in [6.45, 7) is 1.74. The van der Waals surface area contributed by atoms with E-state index in [1.165, 1.54) is 13.5 Å². The molecule has 1 saturated heterocycles. The molecule has 32 heavy (non-hydrogen) atoms. The van der Waals surface area contributed by atoms with Gasteiger partial charge in [-0.3, -0.25) is 9.10 Å². The number of carbonyl (C=O) groups is 1.